The van der Waals surface area contributed by atoms with E-state index in [0.717, 1.165) is 5.56 Å². The Morgan fingerprint density at radius 3 is 2.77 bits per heavy atom. The maximum atomic E-state index is 12.9. The molecule has 0 spiro atoms. The van der Waals surface area contributed by atoms with Gasteiger partial charge in [-0.05, 0) is 49.2 Å². The minimum atomic E-state index is -2.74. The first-order chi connectivity index (χ1) is 14.4. The lowest BCUT2D eigenvalue weighted by Gasteiger charge is -2.12. The summed E-state index contributed by atoms with van der Waals surface area (Å²) in [5.74, 6) is -0.336. The number of alkyl halides is 2. The van der Waals surface area contributed by atoms with Gasteiger partial charge in [0.2, 0.25) is 0 Å². The van der Waals surface area contributed by atoms with Crippen molar-refractivity contribution in [3.63, 3.8) is 0 Å². The number of aryl methyl sites for hydroxylation is 1. The number of nitrogens with zero attached hydrogens (tertiary/aromatic N) is 4. The number of carbonyl (C=O) groups excluding carboxylic acids is 1. The molecule has 0 atom stereocenters. The number of hydrogen-bond acceptors (Lipinski definition) is 4. The molecule has 150 valence electrons. The molecule has 0 saturated carbocycles. The van der Waals surface area contributed by atoms with Crippen LogP contribution in [0.25, 0.3) is 22.2 Å². The molecule has 1 amide bonds. The molecule has 30 heavy (non-hydrogen) atoms. The fourth-order valence-corrected chi connectivity index (χ4v) is 3.39. The highest BCUT2D eigenvalue weighted by molar-refractivity contribution is 6.08. The Morgan fingerprint density at radius 1 is 1.27 bits per heavy atom. The Labute approximate surface area is 169 Å². The third-order valence-electron chi connectivity index (χ3n) is 4.92. The summed E-state index contributed by atoms with van der Waals surface area (Å²) in [6.07, 6.45) is 2.53. The molecule has 0 aliphatic rings. The van der Waals surface area contributed by atoms with Crippen molar-refractivity contribution in [1.29, 1.82) is 5.26 Å². The maximum absolute atomic E-state index is 12.9. The van der Waals surface area contributed by atoms with Crippen LogP contribution in [0.5, 0.6) is 0 Å². The summed E-state index contributed by atoms with van der Waals surface area (Å²) < 4.78 is 26.2. The van der Waals surface area contributed by atoms with Crippen LogP contribution in [0.3, 0.4) is 0 Å². The van der Waals surface area contributed by atoms with Crippen molar-refractivity contribution >= 4 is 22.5 Å². The quantitative estimate of drug-likeness (QED) is 0.519. The molecule has 0 unspecified atom stereocenters. The number of aromatic nitrogens is 4. The molecule has 2 heterocycles. The molecule has 0 fully saturated rings. The topological polar surface area (TPSA) is 99.4 Å². The van der Waals surface area contributed by atoms with Crippen molar-refractivity contribution in [2.24, 2.45) is 0 Å². The van der Waals surface area contributed by atoms with Gasteiger partial charge in [0.15, 0.2) is 0 Å². The predicted molar refractivity (Wildman–Crippen MR) is 107 cm³/mol. The highest BCUT2D eigenvalue weighted by Crippen LogP contribution is 2.29. The van der Waals surface area contributed by atoms with E-state index in [1.54, 1.807) is 44.2 Å². The molecule has 9 heteroatoms. The van der Waals surface area contributed by atoms with Gasteiger partial charge in [-0.3, -0.25) is 9.89 Å². The fourth-order valence-electron chi connectivity index (χ4n) is 3.39. The van der Waals surface area contributed by atoms with Crippen molar-refractivity contribution < 1.29 is 13.6 Å². The number of nitriles is 1. The fraction of sp³-hybridized carbons (Fsp3) is 0.143. The number of amides is 1. The van der Waals surface area contributed by atoms with Gasteiger partial charge in [-0.1, -0.05) is 6.07 Å². The summed E-state index contributed by atoms with van der Waals surface area (Å²) in [5, 5.41) is 23.4. The van der Waals surface area contributed by atoms with Gasteiger partial charge in [0.1, 0.15) is 5.69 Å². The van der Waals surface area contributed by atoms with Gasteiger partial charge >= 0.3 is 6.55 Å². The normalized spacial score (nSPS) is 11.1. The number of benzene rings is 2. The Morgan fingerprint density at radius 2 is 2.07 bits per heavy atom. The summed E-state index contributed by atoms with van der Waals surface area (Å²) >= 11 is 0. The van der Waals surface area contributed by atoms with Crippen LogP contribution < -0.4 is 5.32 Å². The number of rotatable bonds is 4. The summed E-state index contributed by atoms with van der Waals surface area (Å²) in [7, 11) is 0. The van der Waals surface area contributed by atoms with Crippen molar-refractivity contribution in [3.05, 3.63) is 65.0 Å². The summed E-state index contributed by atoms with van der Waals surface area (Å²) in [4.78, 5) is 12.9. The van der Waals surface area contributed by atoms with E-state index in [-0.39, 0.29) is 5.91 Å². The second kappa shape index (κ2) is 7.40. The van der Waals surface area contributed by atoms with E-state index in [1.165, 1.54) is 12.4 Å². The van der Waals surface area contributed by atoms with Crippen LogP contribution in [-0.4, -0.2) is 25.9 Å². The van der Waals surface area contributed by atoms with Gasteiger partial charge in [-0.2, -0.15) is 24.2 Å². The van der Waals surface area contributed by atoms with Gasteiger partial charge in [-0.25, -0.2) is 4.68 Å². The molecule has 0 aliphatic heterocycles. The zero-order valence-electron chi connectivity index (χ0n) is 16.1. The molecular weight excluding hydrogens is 390 g/mol. The van der Waals surface area contributed by atoms with E-state index in [1.807, 2.05) is 0 Å². The molecular formula is C21H16F2N6O. The van der Waals surface area contributed by atoms with Crippen LogP contribution in [0.4, 0.5) is 14.5 Å². The highest BCUT2D eigenvalue weighted by atomic mass is 19.3. The van der Waals surface area contributed by atoms with Gasteiger partial charge in [0.05, 0.1) is 23.3 Å². The average molecular weight is 406 g/mol. The van der Waals surface area contributed by atoms with Crippen molar-refractivity contribution in [3.8, 4) is 17.3 Å². The zero-order valence-corrected chi connectivity index (χ0v) is 16.1. The first-order valence-corrected chi connectivity index (χ1v) is 9.01. The van der Waals surface area contributed by atoms with Gasteiger partial charge in [0.25, 0.3) is 5.91 Å². The SMILES string of the molecule is Cc1ccc(C#N)c(C)c1C(=O)Nc1ccc2[nH]nc(-c3cnn(C(F)F)c3)c2c1. The molecule has 0 saturated heterocycles. The molecule has 0 aliphatic carbocycles. The van der Waals surface area contributed by atoms with Crippen molar-refractivity contribution in [1.82, 2.24) is 20.0 Å². The van der Waals surface area contributed by atoms with Crippen LogP contribution >= 0.6 is 0 Å². The second-order valence-electron chi connectivity index (χ2n) is 6.82. The monoisotopic (exact) mass is 406 g/mol. The maximum Gasteiger partial charge on any atom is 0.333 e. The van der Waals surface area contributed by atoms with Gasteiger partial charge < -0.3 is 5.32 Å². The van der Waals surface area contributed by atoms with Crippen LogP contribution in [-0.2, 0) is 0 Å². The van der Waals surface area contributed by atoms with Gasteiger partial charge in [0, 0.05) is 28.4 Å². The number of nitrogens with one attached hydrogen (secondary N) is 2. The molecule has 2 aromatic carbocycles. The lowest BCUT2D eigenvalue weighted by Crippen LogP contribution is -2.15. The minimum absolute atomic E-state index is 0.336. The standard InChI is InChI=1S/C21H16F2N6O/c1-11-3-4-13(8-24)12(2)18(11)20(30)26-15-5-6-17-16(7-15)19(28-27-17)14-9-25-29(10-14)21(22)23/h3-7,9-10,21H,1-2H3,(H,26,30)(H,27,28). The predicted octanol–water partition coefficient (Wildman–Crippen LogP) is 4.56. The van der Waals surface area contributed by atoms with Crippen LogP contribution in [0.1, 0.15) is 33.6 Å². The third kappa shape index (κ3) is 3.28. The number of carbonyl (C=O) groups is 1. The Bertz CT molecular complexity index is 1320. The lowest BCUT2D eigenvalue weighted by atomic mass is 9.97. The van der Waals surface area contributed by atoms with E-state index >= 15 is 0 Å². The van der Waals surface area contributed by atoms with E-state index in [4.69, 9.17) is 0 Å². The number of halogens is 2. The molecule has 0 radical (unpaired) electrons. The molecule has 2 N–H and O–H groups in total. The first kappa shape index (κ1) is 19.3. The first-order valence-electron chi connectivity index (χ1n) is 9.01. The number of fused-ring (bicyclic) bond motifs is 1. The van der Waals surface area contributed by atoms with Crippen LogP contribution in [0, 0.1) is 25.2 Å². The summed E-state index contributed by atoms with van der Waals surface area (Å²) in [6, 6.07) is 10.7. The van der Waals surface area contributed by atoms with Crippen molar-refractivity contribution in [2.45, 2.75) is 20.4 Å². The van der Waals surface area contributed by atoms with E-state index in [2.05, 4.69) is 26.7 Å². The summed E-state index contributed by atoms with van der Waals surface area (Å²) in [6.45, 7) is 0.800. The molecule has 4 aromatic rings. The third-order valence-corrected chi connectivity index (χ3v) is 4.92. The molecule has 4 rings (SSSR count). The average Bonchev–Trinajstić information content (AvgIpc) is 3.35. The van der Waals surface area contributed by atoms with E-state index < -0.39 is 6.55 Å². The Hall–Kier alpha value is -4.06. The van der Waals surface area contributed by atoms with Crippen LogP contribution in [0.2, 0.25) is 0 Å². The number of aromatic amines is 1. The largest absolute Gasteiger partial charge is 0.333 e. The van der Waals surface area contributed by atoms with Crippen molar-refractivity contribution in [2.75, 3.05) is 5.32 Å². The molecule has 0 bridgehead atoms. The zero-order chi connectivity index (χ0) is 21.4. The Balaban J connectivity index is 1.69. The number of hydrogen-bond donors (Lipinski definition) is 2. The minimum Gasteiger partial charge on any atom is -0.322 e. The van der Waals surface area contributed by atoms with E-state index in [0.29, 0.717) is 49.2 Å². The highest BCUT2D eigenvalue weighted by Gasteiger charge is 2.17. The second-order valence-corrected chi connectivity index (χ2v) is 6.82. The Kier molecular flexibility index (Phi) is 4.75. The number of H-pyrrole nitrogens is 1. The molecule has 7 nitrogen and oxygen atoms in total. The summed E-state index contributed by atoms with van der Waals surface area (Å²) in [5.41, 5.74) is 4.33. The van der Waals surface area contributed by atoms with Gasteiger partial charge in [-0.15, -0.1) is 0 Å². The molecule has 2 aromatic heterocycles. The van der Waals surface area contributed by atoms with E-state index in [9.17, 15) is 18.8 Å². The number of anilines is 1. The lowest BCUT2D eigenvalue weighted by molar-refractivity contribution is 0.0566. The smallest absolute Gasteiger partial charge is 0.322 e. The van der Waals surface area contributed by atoms with Crippen LogP contribution in [0.15, 0.2) is 42.7 Å².